The SMILES string of the molecule is Oc1ccc(O)c2c1CC1=C(C2)Cc2c(O)ccc(O)c2C1. The first-order chi connectivity index (χ1) is 10.5. The lowest BCUT2D eigenvalue weighted by Gasteiger charge is -2.30. The topological polar surface area (TPSA) is 80.9 Å². The van der Waals surface area contributed by atoms with E-state index in [0.29, 0.717) is 25.7 Å². The van der Waals surface area contributed by atoms with E-state index >= 15 is 0 Å². The smallest absolute Gasteiger partial charge is 0.119 e. The van der Waals surface area contributed by atoms with E-state index in [9.17, 15) is 20.4 Å². The number of hydrogen-bond donors (Lipinski definition) is 4. The number of rotatable bonds is 0. The highest BCUT2D eigenvalue weighted by molar-refractivity contribution is 5.59. The summed E-state index contributed by atoms with van der Waals surface area (Å²) in [5.74, 6) is 0.797. The Morgan fingerprint density at radius 3 is 0.909 bits per heavy atom. The molecule has 112 valence electrons. The molecule has 22 heavy (non-hydrogen) atoms. The molecule has 0 saturated heterocycles. The fraction of sp³-hybridized carbons (Fsp3) is 0.222. The first-order valence-corrected chi connectivity index (χ1v) is 7.29. The van der Waals surface area contributed by atoms with Crippen LogP contribution in [0.3, 0.4) is 0 Å². The Balaban J connectivity index is 1.80. The average Bonchev–Trinajstić information content (AvgIpc) is 2.52. The van der Waals surface area contributed by atoms with Gasteiger partial charge in [-0.2, -0.15) is 0 Å². The second-order valence-electron chi connectivity index (χ2n) is 6.04. The Hall–Kier alpha value is -2.62. The molecular formula is C18H16O4. The largest absolute Gasteiger partial charge is 0.508 e. The molecule has 4 N–H and O–H groups in total. The van der Waals surface area contributed by atoms with Crippen molar-refractivity contribution < 1.29 is 20.4 Å². The first kappa shape index (κ1) is 13.1. The summed E-state index contributed by atoms with van der Waals surface area (Å²) in [6, 6.07) is 6.05. The lowest BCUT2D eigenvalue weighted by Crippen LogP contribution is -2.18. The Kier molecular flexibility index (Phi) is 2.64. The zero-order valence-electron chi connectivity index (χ0n) is 11.9. The number of allylic oxidation sites excluding steroid dienone is 2. The van der Waals surface area contributed by atoms with Gasteiger partial charge < -0.3 is 20.4 Å². The van der Waals surface area contributed by atoms with Crippen molar-refractivity contribution >= 4 is 0 Å². The molecule has 4 heteroatoms. The Morgan fingerprint density at radius 1 is 0.455 bits per heavy atom. The summed E-state index contributed by atoms with van der Waals surface area (Å²) in [6.07, 6.45) is 2.28. The third-order valence-electron chi connectivity index (χ3n) is 4.82. The zero-order chi connectivity index (χ0) is 15.4. The molecule has 2 aromatic rings. The standard InChI is InChI=1S/C18H16O4/c19-15-1-2-16(20)12-6-10-8-14-13(7-9(10)5-11(12)15)17(21)3-4-18(14)22/h1-4,19-22H,5-8H2. The maximum atomic E-state index is 10.0. The molecule has 2 aliphatic carbocycles. The lowest BCUT2D eigenvalue weighted by molar-refractivity contribution is 0.442. The monoisotopic (exact) mass is 296 g/mol. The molecule has 0 heterocycles. The van der Waals surface area contributed by atoms with Crippen molar-refractivity contribution in [2.75, 3.05) is 0 Å². The van der Waals surface area contributed by atoms with Gasteiger partial charge in [-0.15, -0.1) is 0 Å². The maximum absolute atomic E-state index is 10.0. The van der Waals surface area contributed by atoms with Crippen molar-refractivity contribution in [3.8, 4) is 23.0 Å². The van der Waals surface area contributed by atoms with Gasteiger partial charge in [0, 0.05) is 22.3 Å². The molecule has 0 aliphatic heterocycles. The van der Waals surface area contributed by atoms with Crippen LogP contribution in [0, 0.1) is 0 Å². The van der Waals surface area contributed by atoms with Gasteiger partial charge in [-0.05, 0) is 49.9 Å². The van der Waals surface area contributed by atoms with Crippen LogP contribution >= 0.6 is 0 Å². The highest BCUT2D eigenvalue weighted by atomic mass is 16.3. The van der Waals surface area contributed by atoms with Crippen LogP contribution in [0.1, 0.15) is 22.3 Å². The van der Waals surface area contributed by atoms with Gasteiger partial charge in [0.25, 0.3) is 0 Å². The predicted molar refractivity (Wildman–Crippen MR) is 81.4 cm³/mol. The third kappa shape index (κ3) is 1.77. The number of phenolic OH excluding ortho intramolecular Hbond substituents is 4. The summed E-state index contributed by atoms with van der Waals surface area (Å²) in [7, 11) is 0. The fourth-order valence-corrected chi connectivity index (χ4v) is 3.60. The molecule has 0 saturated carbocycles. The van der Waals surface area contributed by atoms with Crippen molar-refractivity contribution in [2.45, 2.75) is 25.7 Å². The van der Waals surface area contributed by atoms with E-state index in [2.05, 4.69) is 0 Å². The Bertz CT molecular complexity index is 698. The molecule has 0 unspecified atom stereocenters. The molecule has 0 fully saturated rings. The molecule has 2 aliphatic rings. The quantitative estimate of drug-likeness (QED) is 0.445. The highest BCUT2D eigenvalue weighted by Crippen LogP contribution is 2.44. The van der Waals surface area contributed by atoms with E-state index in [0.717, 1.165) is 33.4 Å². The minimum absolute atomic E-state index is 0.199. The fourth-order valence-electron chi connectivity index (χ4n) is 3.60. The Labute approximate surface area is 127 Å². The molecule has 0 radical (unpaired) electrons. The van der Waals surface area contributed by atoms with Crippen LogP contribution in [0.5, 0.6) is 23.0 Å². The first-order valence-electron chi connectivity index (χ1n) is 7.29. The Morgan fingerprint density at radius 2 is 0.682 bits per heavy atom. The van der Waals surface area contributed by atoms with Crippen molar-refractivity contribution in [3.63, 3.8) is 0 Å². The van der Waals surface area contributed by atoms with E-state index in [1.807, 2.05) is 0 Å². The second-order valence-corrected chi connectivity index (χ2v) is 6.04. The van der Waals surface area contributed by atoms with Gasteiger partial charge in [0.05, 0.1) is 0 Å². The zero-order valence-corrected chi connectivity index (χ0v) is 11.9. The summed E-state index contributed by atoms with van der Waals surface area (Å²) in [4.78, 5) is 0. The minimum atomic E-state index is 0.199. The van der Waals surface area contributed by atoms with E-state index in [1.165, 1.54) is 24.3 Å². The van der Waals surface area contributed by atoms with E-state index < -0.39 is 0 Å². The predicted octanol–water partition coefficient (Wildman–Crippen LogP) is 2.70. The van der Waals surface area contributed by atoms with Crippen molar-refractivity contribution in [3.05, 3.63) is 57.7 Å². The minimum Gasteiger partial charge on any atom is -0.508 e. The van der Waals surface area contributed by atoms with Crippen molar-refractivity contribution in [2.24, 2.45) is 0 Å². The number of hydrogen-bond acceptors (Lipinski definition) is 4. The summed E-state index contributed by atoms with van der Waals surface area (Å²) in [5, 5.41) is 40.2. The van der Waals surface area contributed by atoms with Crippen molar-refractivity contribution in [1.82, 2.24) is 0 Å². The van der Waals surface area contributed by atoms with Gasteiger partial charge in [0.2, 0.25) is 0 Å². The number of benzene rings is 2. The molecule has 2 aromatic carbocycles. The molecule has 0 spiro atoms. The number of fused-ring (bicyclic) bond motifs is 2. The van der Waals surface area contributed by atoms with Gasteiger partial charge in [0.1, 0.15) is 23.0 Å². The average molecular weight is 296 g/mol. The number of phenols is 4. The van der Waals surface area contributed by atoms with E-state index in [1.54, 1.807) is 0 Å². The van der Waals surface area contributed by atoms with E-state index in [4.69, 9.17) is 0 Å². The van der Waals surface area contributed by atoms with Crippen LogP contribution in [0.4, 0.5) is 0 Å². The number of aromatic hydroxyl groups is 4. The summed E-state index contributed by atoms with van der Waals surface area (Å²) < 4.78 is 0. The van der Waals surface area contributed by atoms with Crippen LogP contribution in [-0.2, 0) is 25.7 Å². The van der Waals surface area contributed by atoms with Crippen LogP contribution < -0.4 is 0 Å². The molecule has 4 nitrogen and oxygen atoms in total. The van der Waals surface area contributed by atoms with Gasteiger partial charge in [0.15, 0.2) is 0 Å². The summed E-state index contributed by atoms with van der Waals surface area (Å²) in [6.45, 7) is 0. The van der Waals surface area contributed by atoms with E-state index in [-0.39, 0.29) is 23.0 Å². The molecular weight excluding hydrogens is 280 g/mol. The van der Waals surface area contributed by atoms with Gasteiger partial charge in [-0.25, -0.2) is 0 Å². The van der Waals surface area contributed by atoms with Crippen LogP contribution in [-0.4, -0.2) is 20.4 Å². The highest BCUT2D eigenvalue weighted by Gasteiger charge is 2.29. The molecule has 0 aromatic heterocycles. The third-order valence-corrected chi connectivity index (χ3v) is 4.82. The van der Waals surface area contributed by atoms with Crippen molar-refractivity contribution in [1.29, 1.82) is 0 Å². The summed E-state index contributed by atoms with van der Waals surface area (Å²) >= 11 is 0. The molecule has 0 bridgehead atoms. The molecule has 0 amide bonds. The van der Waals surface area contributed by atoms with Gasteiger partial charge in [-0.1, -0.05) is 11.1 Å². The maximum Gasteiger partial charge on any atom is 0.119 e. The summed E-state index contributed by atoms with van der Waals surface area (Å²) in [5.41, 5.74) is 5.37. The van der Waals surface area contributed by atoms with Gasteiger partial charge >= 0.3 is 0 Å². The normalized spacial score (nSPS) is 16.0. The molecule has 0 atom stereocenters. The molecule has 4 rings (SSSR count). The second kappa shape index (κ2) is 4.44. The van der Waals surface area contributed by atoms with Crippen LogP contribution in [0.15, 0.2) is 35.4 Å². The van der Waals surface area contributed by atoms with Crippen LogP contribution in [0.2, 0.25) is 0 Å². The lowest BCUT2D eigenvalue weighted by atomic mass is 9.75. The van der Waals surface area contributed by atoms with Gasteiger partial charge in [-0.3, -0.25) is 0 Å². The van der Waals surface area contributed by atoms with Crippen LogP contribution in [0.25, 0.3) is 0 Å².